The van der Waals surface area contributed by atoms with Crippen molar-refractivity contribution in [2.45, 2.75) is 22.3 Å². The van der Waals surface area contributed by atoms with E-state index in [1.54, 1.807) is 55.6 Å². The van der Waals surface area contributed by atoms with Crippen LogP contribution in [0.2, 0.25) is 0 Å². The number of ketones is 1. The Morgan fingerprint density at radius 3 is 2.41 bits per heavy atom. The SMILES string of the molecule is Cc1ccccc1S(=O)(=O)N1c2ccccc2C(=O)C(=CN(C)C)CC1I. The van der Waals surface area contributed by atoms with Crippen LogP contribution in [-0.2, 0) is 10.0 Å². The molecule has 2 aromatic rings. The third-order valence-corrected chi connectivity index (χ3v) is 7.72. The van der Waals surface area contributed by atoms with Gasteiger partial charge >= 0.3 is 0 Å². The van der Waals surface area contributed by atoms with Crippen molar-refractivity contribution >= 4 is 44.1 Å². The summed E-state index contributed by atoms with van der Waals surface area (Å²) >= 11 is 2.11. The highest BCUT2D eigenvalue weighted by Crippen LogP contribution is 2.38. The molecule has 1 aliphatic heterocycles. The van der Waals surface area contributed by atoms with E-state index in [4.69, 9.17) is 0 Å². The fraction of sp³-hybridized carbons (Fsp3) is 0.250. The van der Waals surface area contributed by atoms with Crippen molar-refractivity contribution in [3.8, 4) is 0 Å². The smallest absolute Gasteiger partial charge is 0.265 e. The number of aryl methyl sites for hydroxylation is 1. The minimum Gasteiger partial charge on any atom is -0.383 e. The quantitative estimate of drug-likeness (QED) is 0.279. The average Bonchev–Trinajstić information content (AvgIpc) is 2.70. The van der Waals surface area contributed by atoms with Crippen LogP contribution >= 0.6 is 22.6 Å². The molecule has 2 aromatic carbocycles. The summed E-state index contributed by atoms with van der Waals surface area (Å²) in [7, 11) is -0.125. The highest BCUT2D eigenvalue weighted by atomic mass is 127. The van der Waals surface area contributed by atoms with E-state index in [1.165, 1.54) is 4.31 Å². The zero-order chi connectivity index (χ0) is 19.8. The van der Waals surface area contributed by atoms with E-state index in [9.17, 15) is 13.2 Å². The zero-order valence-electron chi connectivity index (χ0n) is 15.4. The maximum absolute atomic E-state index is 13.5. The molecule has 0 radical (unpaired) electrons. The third-order valence-electron chi connectivity index (χ3n) is 4.37. The molecular weight excluding hydrogens is 475 g/mol. The number of hydrogen-bond acceptors (Lipinski definition) is 4. The summed E-state index contributed by atoms with van der Waals surface area (Å²) in [6, 6.07) is 13.8. The Kier molecular flexibility index (Phi) is 5.62. The lowest BCUT2D eigenvalue weighted by molar-refractivity contribution is 0.103. The van der Waals surface area contributed by atoms with Crippen LogP contribution in [-0.4, -0.2) is 37.2 Å². The van der Waals surface area contributed by atoms with Crippen molar-refractivity contribution in [1.82, 2.24) is 4.90 Å². The van der Waals surface area contributed by atoms with Gasteiger partial charge in [0.2, 0.25) is 0 Å². The largest absolute Gasteiger partial charge is 0.383 e. The number of fused-ring (bicyclic) bond motifs is 1. The molecule has 0 bridgehead atoms. The molecule has 142 valence electrons. The zero-order valence-corrected chi connectivity index (χ0v) is 18.4. The highest BCUT2D eigenvalue weighted by Gasteiger charge is 2.37. The molecule has 0 fully saturated rings. The lowest BCUT2D eigenvalue weighted by atomic mass is 10.0. The van der Waals surface area contributed by atoms with Gasteiger partial charge in [-0.05, 0) is 30.7 Å². The monoisotopic (exact) mass is 496 g/mol. The van der Waals surface area contributed by atoms with Crippen LogP contribution in [0.1, 0.15) is 22.3 Å². The molecule has 27 heavy (non-hydrogen) atoms. The van der Waals surface area contributed by atoms with Crippen molar-refractivity contribution < 1.29 is 13.2 Å². The van der Waals surface area contributed by atoms with E-state index >= 15 is 0 Å². The van der Waals surface area contributed by atoms with E-state index < -0.39 is 14.1 Å². The van der Waals surface area contributed by atoms with E-state index in [0.29, 0.717) is 28.8 Å². The minimum atomic E-state index is -3.82. The summed E-state index contributed by atoms with van der Waals surface area (Å²) in [4.78, 5) is 15.1. The molecule has 0 N–H and O–H groups in total. The Morgan fingerprint density at radius 1 is 1.11 bits per heavy atom. The van der Waals surface area contributed by atoms with Crippen molar-refractivity contribution in [2.75, 3.05) is 18.4 Å². The molecule has 0 saturated heterocycles. The number of benzene rings is 2. The van der Waals surface area contributed by atoms with Gasteiger partial charge in [-0.1, -0.05) is 52.9 Å². The van der Waals surface area contributed by atoms with Gasteiger partial charge in [-0.25, -0.2) is 8.42 Å². The van der Waals surface area contributed by atoms with Gasteiger partial charge in [0, 0.05) is 37.9 Å². The number of alkyl halides is 1. The molecule has 0 aromatic heterocycles. The van der Waals surface area contributed by atoms with Gasteiger partial charge < -0.3 is 4.90 Å². The lowest BCUT2D eigenvalue weighted by Gasteiger charge is -2.29. The second-order valence-corrected chi connectivity index (χ2v) is 9.89. The van der Waals surface area contributed by atoms with Crippen LogP contribution in [0, 0.1) is 6.92 Å². The number of carbonyl (C=O) groups is 1. The first kappa shape index (κ1) is 19.9. The third kappa shape index (κ3) is 3.75. The topological polar surface area (TPSA) is 57.7 Å². The average molecular weight is 496 g/mol. The van der Waals surface area contributed by atoms with Gasteiger partial charge in [0.25, 0.3) is 10.0 Å². The number of rotatable bonds is 3. The Labute approximate surface area is 173 Å². The molecule has 7 heteroatoms. The van der Waals surface area contributed by atoms with Crippen LogP contribution in [0.4, 0.5) is 5.69 Å². The molecule has 0 spiro atoms. The molecule has 1 unspecified atom stereocenters. The van der Waals surface area contributed by atoms with E-state index in [1.807, 2.05) is 25.1 Å². The second kappa shape index (κ2) is 7.63. The Morgan fingerprint density at radius 2 is 1.74 bits per heavy atom. The van der Waals surface area contributed by atoms with Crippen LogP contribution in [0.5, 0.6) is 0 Å². The molecule has 1 aliphatic rings. The number of para-hydroxylation sites is 1. The van der Waals surface area contributed by atoms with Gasteiger partial charge in [0.1, 0.15) is 4.05 Å². The number of Topliss-reactive ketones (excluding diaryl/α,β-unsaturated/α-hetero) is 1. The first-order valence-electron chi connectivity index (χ1n) is 8.48. The van der Waals surface area contributed by atoms with Crippen LogP contribution < -0.4 is 4.31 Å². The molecule has 5 nitrogen and oxygen atoms in total. The maximum atomic E-state index is 13.5. The number of anilines is 1. The fourth-order valence-corrected chi connectivity index (χ4v) is 6.60. The molecule has 1 heterocycles. The minimum absolute atomic E-state index is 0.136. The van der Waals surface area contributed by atoms with Gasteiger partial charge in [0.15, 0.2) is 5.78 Å². The standard InChI is InChI=1S/C20H21IN2O3S/c1-14-8-4-7-11-18(14)27(25,26)23-17-10-6-5-9-16(17)20(24)15(12-19(23)21)13-22(2)3/h4-11,13,19H,12H2,1-3H3. The Hall–Kier alpha value is -1.87. The normalized spacial score (nSPS) is 19.0. The number of sulfonamides is 1. The molecule has 0 aliphatic carbocycles. The summed E-state index contributed by atoms with van der Waals surface area (Å²) in [6.07, 6.45) is 2.10. The first-order chi connectivity index (χ1) is 12.7. The van der Waals surface area contributed by atoms with Gasteiger partial charge in [-0.15, -0.1) is 0 Å². The molecule has 3 rings (SSSR count). The number of carbonyl (C=O) groups excluding carboxylic acids is 1. The molecule has 1 atom stereocenters. The van der Waals surface area contributed by atoms with Crippen molar-refractivity contribution in [2.24, 2.45) is 0 Å². The summed E-state index contributed by atoms with van der Waals surface area (Å²) in [5.41, 5.74) is 2.10. The maximum Gasteiger partial charge on any atom is 0.265 e. The van der Waals surface area contributed by atoms with E-state index in [2.05, 4.69) is 22.6 Å². The van der Waals surface area contributed by atoms with Gasteiger partial charge in [-0.3, -0.25) is 9.10 Å². The van der Waals surface area contributed by atoms with Gasteiger partial charge in [-0.2, -0.15) is 0 Å². The fourth-order valence-electron chi connectivity index (χ4n) is 3.19. The second-order valence-electron chi connectivity index (χ2n) is 6.67. The molecule has 0 amide bonds. The summed E-state index contributed by atoms with van der Waals surface area (Å²) < 4.78 is 28.1. The van der Waals surface area contributed by atoms with Gasteiger partial charge in [0.05, 0.1) is 10.6 Å². The Balaban J connectivity index is 2.24. The molecular formula is C20H21IN2O3S. The Bertz CT molecular complexity index is 1020. The molecule has 0 saturated carbocycles. The number of hydrogen-bond donors (Lipinski definition) is 0. The van der Waals surface area contributed by atoms with Crippen LogP contribution in [0.15, 0.2) is 65.2 Å². The predicted octanol–water partition coefficient (Wildman–Crippen LogP) is 3.98. The number of nitrogens with zero attached hydrogens (tertiary/aromatic N) is 2. The predicted molar refractivity (Wildman–Crippen MR) is 116 cm³/mol. The van der Waals surface area contributed by atoms with E-state index in [-0.39, 0.29) is 10.7 Å². The summed E-state index contributed by atoms with van der Waals surface area (Å²) in [6.45, 7) is 1.78. The summed E-state index contributed by atoms with van der Waals surface area (Å²) in [5.74, 6) is -0.136. The lowest BCUT2D eigenvalue weighted by Crippen LogP contribution is -2.37. The van der Waals surface area contributed by atoms with Crippen molar-refractivity contribution in [1.29, 1.82) is 0 Å². The first-order valence-corrected chi connectivity index (χ1v) is 11.2. The summed E-state index contributed by atoms with van der Waals surface area (Å²) in [5, 5.41) is 0. The van der Waals surface area contributed by atoms with E-state index in [0.717, 1.165) is 0 Å². The van der Waals surface area contributed by atoms with Crippen molar-refractivity contribution in [3.63, 3.8) is 0 Å². The highest BCUT2D eigenvalue weighted by molar-refractivity contribution is 14.1. The number of halogens is 1. The van der Waals surface area contributed by atoms with Crippen LogP contribution in [0.25, 0.3) is 0 Å². The van der Waals surface area contributed by atoms with Crippen molar-refractivity contribution in [3.05, 3.63) is 71.4 Å². The van der Waals surface area contributed by atoms with Crippen LogP contribution in [0.3, 0.4) is 0 Å².